The SMILES string of the molecule is CC(C)CCCN1CCO[C@@H](CCCC(C)(C)C)C1. The van der Waals surface area contributed by atoms with E-state index in [1.807, 2.05) is 0 Å². The van der Waals surface area contributed by atoms with E-state index in [1.165, 1.54) is 38.6 Å². The molecule has 1 aliphatic heterocycles. The molecule has 0 N–H and O–H groups in total. The Hall–Kier alpha value is -0.0800. The first-order chi connectivity index (χ1) is 8.87. The van der Waals surface area contributed by atoms with Gasteiger partial charge in [0.1, 0.15) is 0 Å². The molecule has 2 heteroatoms. The topological polar surface area (TPSA) is 12.5 Å². The molecule has 0 saturated carbocycles. The van der Waals surface area contributed by atoms with Crippen molar-refractivity contribution in [3.05, 3.63) is 0 Å². The molecule has 0 spiro atoms. The van der Waals surface area contributed by atoms with Crippen molar-refractivity contribution in [3.63, 3.8) is 0 Å². The van der Waals surface area contributed by atoms with Crippen LogP contribution in [0.5, 0.6) is 0 Å². The number of hydrogen-bond donors (Lipinski definition) is 0. The Labute approximate surface area is 120 Å². The molecule has 114 valence electrons. The van der Waals surface area contributed by atoms with Crippen LogP contribution >= 0.6 is 0 Å². The van der Waals surface area contributed by atoms with Gasteiger partial charge >= 0.3 is 0 Å². The molecule has 0 radical (unpaired) electrons. The zero-order valence-electron chi connectivity index (χ0n) is 13.9. The van der Waals surface area contributed by atoms with Crippen molar-refractivity contribution < 1.29 is 4.74 Å². The number of ether oxygens (including phenoxy) is 1. The zero-order valence-corrected chi connectivity index (χ0v) is 13.9. The minimum Gasteiger partial charge on any atom is -0.376 e. The summed E-state index contributed by atoms with van der Waals surface area (Å²) >= 11 is 0. The summed E-state index contributed by atoms with van der Waals surface area (Å²) in [6.07, 6.45) is 7.01. The highest BCUT2D eigenvalue weighted by molar-refractivity contribution is 4.73. The van der Waals surface area contributed by atoms with Gasteiger partial charge in [0.15, 0.2) is 0 Å². The molecule has 0 unspecified atom stereocenters. The Kier molecular flexibility index (Phi) is 7.38. The van der Waals surface area contributed by atoms with Gasteiger partial charge in [-0.2, -0.15) is 0 Å². The van der Waals surface area contributed by atoms with Crippen LogP contribution in [0.3, 0.4) is 0 Å². The van der Waals surface area contributed by atoms with Crippen LogP contribution < -0.4 is 0 Å². The number of nitrogens with zero attached hydrogens (tertiary/aromatic N) is 1. The molecule has 0 bridgehead atoms. The standard InChI is InChI=1S/C17H35NO/c1-15(2)8-7-11-18-12-13-19-16(14-18)9-6-10-17(3,4)5/h15-16H,6-14H2,1-5H3/t16-/m0/s1. The quantitative estimate of drug-likeness (QED) is 0.681. The van der Waals surface area contributed by atoms with E-state index in [0.717, 1.165) is 25.6 Å². The molecule has 1 rings (SSSR count). The molecule has 0 aromatic carbocycles. The van der Waals surface area contributed by atoms with Gasteiger partial charge in [-0.3, -0.25) is 4.90 Å². The van der Waals surface area contributed by atoms with Gasteiger partial charge < -0.3 is 4.74 Å². The van der Waals surface area contributed by atoms with Gasteiger partial charge in [0, 0.05) is 13.1 Å². The molecular formula is C17H35NO. The molecule has 1 heterocycles. The molecule has 1 aliphatic rings. The van der Waals surface area contributed by atoms with Crippen LogP contribution in [0.25, 0.3) is 0 Å². The lowest BCUT2D eigenvalue weighted by atomic mass is 9.89. The molecule has 0 aliphatic carbocycles. The Morgan fingerprint density at radius 1 is 1.21 bits per heavy atom. The fraction of sp³-hybridized carbons (Fsp3) is 1.00. The summed E-state index contributed by atoms with van der Waals surface area (Å²) in [6, 6.07) is 0. The maximum atomic E-state index is 5.91. The van der Waals surface area contributed by atoms with E-state index < -0.39 is 0 Å². The van der Waals surface area contributed by atoms with Crippen LogP contribution in [0.1, 0.15) is 66.7 Å². The van der Waals surface area contributed by atoms with E-state index in [1.54, 1.807) is 0 Å². The Morgan fingerprint density at radius 3 is 2.58 bits per heavy atom. The zero-order chi connectivity index (χ0) is 14.3. The normalized spacial score (nSPS) is 22.1. The second-order valence-corrected chi connectivity index (χ2v) is 7.78. The van der Waals surface area contributed by atoms with Crippen molar-refractivity contribution >= 4 is 0 Å². The average Bonchev–Trinajstić information content (AvgIpc) is 2.27. The van der Waals surface area contributed by atoms with Crippen molar-refractivity contribution in [1.29, 1.82) is 0 Å². The van der Waals surface area contributed by atoms with Crippen molar-refractivity contribution in [2.45, 2.75) is 72.8 Å². The third-order valence-corrected chi connectivity index (χ3v) is 3.93. The van der Waals surface area contributed by atoms with Crippen LogP contribution in [0.4, 0.5) is 0 Å². The molecule has 1 atom stereocenters. The lowest BCUT2D eigenvalue weighted by molar-refractivity contribution is -0.0342. The monoisotopic (exact) mass is 269 g/mol. The molecule has 19 heavy (non-hydrogen) atoms. The van der Waals surface area contributed by atoms with Gasteiger partial charge in [0.25, 0.3) is 0 Å². The van der Waals surface area contributed by atoms with Crippen LogP contribution in [0.15, 0.2) is 0 Å². The first-order valence-electron chi connectivity index (χ1n) is 8.21. The third-order valence-electron chi connectivity index (χ3n) is 3.93. The summed E-state index contributed by atoms with van der Waals surface area (Å²) in [5.74, 6) is 0.837. The lowest BCUT2D eigenvalue weighted by Crippen LogP contribution is -2.42. The van der Waals surface area contributed by atoms with E-state index in [9.17, 15) is 0 Å². The third kappa shape index (κ3) is 8.65. The summed E-state index contributed by atoms with van der Waals surface area (Å²) in [7, 11) is 0. The van der Waals surface area contributed by atoms with Crippen LogP contribution in [-0.2, 0) is 4.74 Å². The van der Waals surface area contributed by atoms with Crippen molar-refractivity contribution in [3.8, 4) is 0 Å². The minimum absolute atomic E-state index is 0.464. The second kappa shape index (κ2) is 8.26. The molecule has 2 nitrogen and oxygen atoms in total. The molecule has 0 aromatic heterocycles. The molecule has 0 amide bonds. The fourth-order valence-corrected chi connectivity index (χ4v) is 2.74. The Morgan fingerprint density at radius 2 is 1.95 bits per heavy atom. The molecular weight excluding hydrogens is 234 g/mol. The molecule has 1 saturated heterocycles. The number of rotatable bonds is 7. The van der Waals surface area contributed by atoms with E-state index in [0.29, 0.717) is 11.5 Å². The summed E-state index contributed by atoms with van der Waals surface area (Å²) < 4.78 is 5.91. The van der Waals surface area contributed by atoms with E-state index in [2.05, 4.69) is 39.5 Å². The fourth-order valence-electron chi connectivity index (χ4n) is 2.74. The second-order valence-electron chi connectivity index (χ2n) is 7.78. The summed E-state index contributed by atoms with van der Waals surface area (Å²) in [4.78, 5) is 2.60. The Balaban J connectivity index is 2.15. The van der Waals surface area contributed by atoms with Gasteiger partial charge in [-0.1, -0.05) is 41.0 Å². The molecule has 1 fully saturated rings. The summed E-state index contributed by atoms with van der Waals surface area (Å²) in [5, 5.41) is 0. The first kappa shape index (κ1) is 17.0. The predicted octanol–water partition coefficient (Wildman–Crippen LogP) is 4.34. The Bertz CT molecular complexity index is 232. The highest BCUT2D eigenvalue weighted by Gasteiger charge is 2.20. The highest BCUT2D eigenvalue weighted by Crippen LogP contribution is 2.23. The maximum absolute atomic E-state index is 5.91. The summed E-state index contributed by atoms with van der Waals surface area (Å²) in [5.41, 5.74) is 0.464. The van der Waals surface area contributed by atoms with Crippen LogP contribution in [-0.4, -0.2) is 37.2 Å². The lowest BCUT2D eigenvalue weighted by Gasteiger charge is -2.33. The van der Waals surface area contributed by atoms with Crippen molar-refractivity contribution in [1.82, 2.24) is 4.90 Å². The van der Waals surface area contributed by atoms with E-state index in [-0.39, 0.29) is 0 Å². The van der Waals surface area contributed by atoms with E-state index >= 15 is 0 Å². The highest BCUT2D eigenvalue weighted by atomic mass is 16.5. The van der Waals surface area contributed by atoms with Gasteiger partial charge in [-0.25, -0.2) is 0 Å². The van der Waals surface area contributed by atoms with Crippen LogP contribution in [0, 0.1) is 11.3 Å². The van der Waals surface area contributed by atoms with Crippen LogP contribution in [0.2, 0.25) is 0 Å². The van der Waals surface area contributed by atoms with Crippen molar-refractivity contribution in [2.24, 2.45) is 11.3 Å². The molecule has 0 aromatic rings. The largest absolute Gasteiger partial charge is 0.376 e. The van der Waals surface area contributed by atoms with Gasteiger partial charge in [-0.15, -0.1) is 0 Å². The number of morpholine rings is 1. The summed E-state index contributed by atoms with van der Waals surface area (Å²) in [6.45, 7) is 16.1. The predicted molar refractivity (Wildman–Crippen MR) is 83.6 cm³/mol. The van der Waals surface area contributed by atoms with Gasteiger partial charge in [-0.05, 0) is 43.6 Å². The average molecular weight is 269 g/mol. The van der Waals surface area contributed by atoms with Crippen molar-refractivity contribution in [2.75, 3.05) is 26.2 Å². The smallest absolute Gasteiger partial charge is 0.0702 e. The van der Waals surface area contributed by atoms with E-state index in [4.69, 9.17) is 4.74 Å². The first-order valence-corrected chi connectivity index (χ1v) is 8.21. The van der Waals surface area contributed by atoms with Gasteiger partial charge in [0.2, 0.25) is 0 Å². The number of hydrogen-bond acceptors (Lipinski definition) is 2. The maximum Gasteiger partial charge on any atom is 0.0702 e. The minimum atomic E-state index is 0.464. The van der Waals surface area contributed by atoms with Gasteiger partial charge in [0.05, 0.1) is 12.7 Å².